The van der Waals surface area contributed by atoms with Crippen LogP contribution in [0.4, 0.5) is 4.39 Å². The van der Waals surface area contributed by atoms with Crippen LogP contribution in [-0.4, -0.2) is 35.6 Å². The van der Waals surface area contributed by atoms with E-state index in [-0.39, 0.29) is 22.8 Å². The van der Waals surface area contributed by atoms with Gasteiger partial charge in [0.1, 0.15) is 11.6 Å². The van der Waals surface area contributed by atoms with Crippen LogP contribution in [0.15, 0.2) is 59.8 Å². The molecule has 0 aliphatic carbocycles. The minimum atomic E-state index is -3.95. The Bertz CT molecular complexity index is 1060. The molecule has 1 amide bonds. The molecule has 27 heavy (non-hydrogen) atoms. The van der Waals surface area contributed by atoms with Gasteiger partial charge >= 0.3 is 0 Å². The first-order chi connectivity index (χ1) is 12.9. The SMILES string of the molecule is COc1ccc(S(=O)(=O)n2ccc(C(=O)NCc3ncccc3F)n2)cc1. The van der Waals surface area contributed by atoms with Gasteiger partial charge < -0.3 is 10.1 Å². The standard InChI is InChI=1S/C17H15FN4O4S/c1-26-12-4-6-13(7-5-12)27(24,25)22-10-8-15(21-22)17(23)20-11-16-14(18)3-2-9-19-16/h2-10H,11H2,1H3,(H,20,23). The number of methoxy groups -OCH3 is 1. The summed E-state index contributed by atoms with van der Waals surface area (Å²) in [6.45, 7) is -0.149. The number of nitrogens with zero attached hydrogens (tertiary/aromatic N) is 3. The smallest absolute Gasteiger partial charge is 0.282 e. The molecular weight excluding hydrogens is 375 g/mol. The zero-order valence-corrected chi connectivity index (χ0v) is 15.0. The Morgan fingerprint density at radius 2 is 1.96 bits per heavy atom. The molecule has 0 saturated heterocycles. The summed E-state index contributed by atoms with van der Waals surface area (Å²) in [6, 6.07) is 9.68. The molecule has 0 atom stereocenters. The van der Waals surface area contributed by atoms with Gasteiger partial charge in [0.25, 0.3) is 15.9 Å². The van der Waals surface area contributed by atoms with E-state index in [0.717, 1.165) is 6.20 Å². The number of ether oxygens (including phenoxy) is 1. The molecule has 140 valence electrons. The molecular formula is C17H15FN4O4S. The first kappa shape index (κ1) is 18.5. The van der Waals surface area contributed by atoms with E-state index in [4.69, 9.17) is 4.74 Å². The average Bonchev–Trinajstić information content (AvgIpc) is 3.18. The predicted octanol–water partition coefficient (Wildman–Crippen LogP) is 1.59. The molecule has 0 unspecified atom stereocenters. The van der Waals surface area contributed by atoms with Gasteiger partial charge in [-0.1, -0.05) is 0 Å². The van der Waals surface area contributed by atoms with Crippen molar-refractivity contribution in [1.29, 1.82) is 0 Å². The van der Waals surface area contributed by atoms with Gasteiger partial charge in [0, 0.05) is 12.4 Å². The fourth-order valence-corrected chi connectivity index (χ4v) is 3.33. The molecule has 0 aliphatic heterocycles. The maximum absolute atomic E-state index is 13.5. The molecule has 3 rings (SSSR count). The van der Waals surface area contributed by atoms with Gasteiger partial charge in [-0.2, -0.15) is 17.6 Å². The predicted molar refractivity (Wildman–Crippen MR) is 93.2 cm³/mol. The van der Waals surface area contributed by atoms with Crippen LogP contribution in [0.1, 0.15) is 16.2 Å². The maximum Gasteiger partial charge on any atom is 0.282 e. The summed E-state index contributed by atoms with van der Waals surface area (Å²) in [4.78, 5) is 16.0. The van der Waals surface area contributed by atoms with E-state index < -0.39 is 21.7 Å². The van der Waals surface area contributed by atoms with Gasteiger partial charge in [-0.3, -0.25) is 9.78 Å². The molecule has 0 saturated carbocycles. The lowest BCUT2D eigenvalue weighted by Crippen LogP contribution is -2.25. The van der Waals surface area contributed by atoms with Crippen LogP contribution >= 0.6 is 0 Å². The van der Waals surface area contributed by atoms with E-state index in [1.54, 1.807) is 0 Å². The third-order valence-electron chi connectivity index (χ3n) is 3.65. The van der Waals surface area contributed by atoms with Crippen LogP contribution in [0, 0.1) is 5.82 Å². The van der Waals surface area contributed by atoms with E-state index in [1.807, 2.05) is 0 Å². The van der Waals surface area contributed by atoms with Gasteiger partial charge in [0.15, 0.2) is 5.69 Å². The van der Waals surface area contributed by atoms with E-state index >= 15 is 0 Å². The topological polar surface area (TPSA) is 103 Å². The first-order valence-electron chi connectivity index (χ1n) is 7.74. The zero-order chi connectivity index (χ0) is 19.4. The summed E-state index contributed by atoms with van der Waals surface area (Å²) >= 11 is 0. The van der Waals surface area contributed by atoms with Gasteiger partial charge in [-0.25, -0.2) is 4.39 Å². The highest BCUT2D eigenvalue weighted by Gasteiger charge is 2.20. The normalized spacial score (nSPS) is 11.2. The second-order valence-corrected chi connectivity index (χ2v) is 7.16. The summed E-state index contributed by atoms with van der Waals surface area (Å²) < 4.78 is 44.3. The van der Waals surface area contributed by atoms with Crippen molar-refractivity contribution in [3.63, 3.8) is 0 Å². The number of hydrogen-bond acceptors (Lipinski definition) is 6. The van der Waals surface area contributed by atoms with E-state index in [9.17, 15) is 17.6 Å². The number of aromatic nitrogens is 3. The van der Waals surface area contributed by atoms with Gasteiger partial charge in [-0.15, -0.1) is 0 Å². The van der Waals surface area contributed by atoms with Crippen LogP contribution in [0.5, 0.6) is 5.75 Å². The van der Waals surface area contributed by atoms with Crippen LogP contribution < -0.4 is 10.1 Å². The Labute approximate surface area is 154 Å². The molecule has 1 aromatic carbocycles. The Kier molecular flexibility index (Phi) is 5.17. The number of carbonyl (C=O) groups is 1. The number of amides is 1. The van der Waals surface area contributed by atoms with Gasteiger partial charge in [0.05, 0.1) is 24.2 Å². The molecule has 0 bridgehead atoms. The van der Waals surface area contributed by atoms with Gasteiger partial charge in [0.2, 0.25) is 0 Å². The lowest BCUT2D eigenvalue weighted by Gasteiger charge is -2.06. The molecule has 0 spiro atoms. The summed E-state index contributed by atoms with van der Waals surface area (Å²) in [5.41, 5.74) is -0.0560. The highest BCUT2D eigenvalue weighted by atomic mass is 32.2. The molecule has 2 aromatic heterocycles. The van der Waals surface area contributed by atoms with Crippen molar-refractivity contribution in [1.82, 2.24) is 19.5 Å². The highest BCUT2D eigenvalue weighted by molar-refractivity contribution is 7.89. The summed E-state index contributed by atoms with van der Waals surface area (Å²) in [5, 5.41) is 6.25. The van der Waals surface area contributed by atoms with Crippen molar-refractivity contribution in [3.8, 4) is 5.75 Å². The number of halogens is 1. The van der Waals surface area contributed by atoms with Crippen molar-refractivity contribution in [3.05, 3.63) is 72.1 Å². The summed E-state index contributed by atoms with van der Waals surface area (Å²) in [7, 11) is -2.48. The second kappa shape index (κ2) is 7.54. The molecule has 0 radical (unpaired) electrons. The van der Waals surface area contributed by atoms with Crippen LogP contribution in [0.25, 0.3) is 0 Å². The number of benzene rings is 1. The van der Waals surface area contributed by atoms with Crippen LogP contribution in [-0.2, 0) is 16.6 Å². The Balaban J connectivity index is 1.75. The molecule has 0 fully saturated rings. The van der Waals surface area contributed by atoms with Crippen LogP contribution in [0.3, 0.4) is 0 Å². The monoisotopic (exact) mass is 390 g/mol. The highest BCUT2D eigenvalue weighted by Crippen LogP contribution is 2.18. The number of nitrogens with one attached hydrogen (secondary N) is 1. The minimum Gasteiger partial charge on any atom is -0.497 e. The number of carbonyl (C=O) groups excluding carboxylic acids is 1. The van der Waals surface area contributed by atoms with E-state index in [1.165, 1.54) is 55.8 Å². The zero-order valence-electron chi connectivity index (χ0n) is 14.2. The lowest BCUT2D eigenvalue weighted by atomic mass is 10.3. The van der Waals surface area contributed by atoms with Crippen molar-refractivity contribution in [2.45, 2.75) is 11.4 Å². The fourth-order valence-electron chi connectivity index (χ4n) is 2.22. The Morgan fingerprint density at radius 3 is 2.63 bits per heavy atom. The molecule has 3 aromatic rings. The average molecular weight is 390 g/mol. The first-order valence-corrected chi connectivity index (χ1v) is 9.19. The van der Waals surface area contributed by atoms with Crippen molar-refractivity contribution < 1.29 is 22.3 Å². The molecule has 2 heterocycles. The van der Waals surface area contributed by atoms with Gasteiger partial charge in [-0.05, 0) is 42.5 Å². The Hall–Kier alpha value is -3.27. The van der Waals surface area contributed by atoms with E-state index in [2.05, 4.69) is 15.4 Å². The van der Waals surface area contributed by atoms with Crippen molar-refractivity contribution >= 4 is 15.9 Å². The number of pyridine rings is 1. The largest absolute Gasteiger partial charge is 0.497 e. The van der Waals surface area contributed by atoms with Crippen LogP contribution in [0.2, 0.25) is 0 Å². The second-order valence-electron chi connectivity index (χ2n) is 5.37. The number of hydrogen-bond donors (Lipinski definition) is 1. The molecule has 1 N–H and O–H groups in total. The molecule has 0 aliphatic rings. The third-order valence-corrected chi connectivity index (χ3v) is 5.22. The quantitative estimate of drug-likeness (QED) is 0.686. The lowest BCUT2D eigenvalue weighted by molar-refractivity contribution is 0.0945. The van der Waals surface area contributed by atoms with Crippen molar-refractivity contribution in [2.24, 2.45) is 0 Å². The molecule has 8 nitrogen and oxygen atoms in total. The third kappa shape index (κ3) is 3.95. The van der Waals surface area contributed by atoms with E-state index in [0.29, 0.717) is 9.84 Å². The molecule has 10 heteroatoms. The summed E-state index contributed by atoms with van der Waals surface area (Å²) in [6.07, 6.45) is 2.57. The Morgan fingerprint density at radius 1 is 1.22 bits per heavy atom. The number of rotatable bonds is 6. The van der Waals surface area contributed by atoms with Crippen molar-refractivity contribution in [2.75, 3.05) is 7.11 Å². The minimum absolute atomic E-state index is 0.00563. The maximum atomic E-state index is 13.5. The fraction of sp³-hybridized carbons (Fsp3) is 0.118. The summed E-state index contributed by atoms with van der Waals surface area (Å²) in [5.74, 6) is -0.689.